The maximum absolute atomic E-state index is 4.10. The summed E-state index contributed by atoms with van der Waals surface area (Å²) in [5, 5.41) is 3.14. The van der Waals surface area contributed by atoms with Crippen LogP contribution in [0.1, 0.15) is 16.7 Å². The Hall–Kier alpha value is -0.890. The van der Waals surface area contributed by atoms with Crippen LogP contribution in [0.2, 0.25) is 0 Å². The van der Waals surface area contributed by atoms with Crippen molar-refractivity contribution in [3.8, 4) is 0 Å². The number of hydrogen-bond donors (Lipinski definition) is 1. The summed E-state index contributed by atoms with van der Waals surface area (Å²) < 4.78 is 0. The molecule has 1 rings (SSSR count). The van der Waals surface area contributed by atoms with Gasteiger partial charge in [-0.2, -0.15) is 0 Å². The van der Waals surface area contributed by atoms with Gasteiger partial charge in [-0.1, -0.05) is 0 Å². The van der Waals surface area contributed by atoms with Crippen molar-refractivity contribution < 1.29 is 0 Å². The highest BCUT2D eigenvalue weighted by Crippen LogP contribution is 2.10. The summed E-state index contributed by atoms with van der Waals surface area (Å²) in [6.07, 6.45) is 3.80. The summed E-state index contributed by atoms with van der Waals surface area (Å²) in [6.45, 7) is 5.11. The van der Waals surface area contributed by atoms with E-state index in [1.165, 1.54) is 16.7 Å². The predicted octanol–water partition coefficient (Wildman–Crippen LogP) is 1.42. The molecular weight excluding hydrogens is 136 g/mol. The molecule has 2 heteroatoms. The van der Waals surface area contributed by atoms with Crippen LogP contribution in [0.5, 0.6) is 0 Å². The van der Waals surface area contributed by atoms with Gasteiger partial charge in [-0.3, -0.25) is 4.98 Å². The number of hydrogen-bond acceptors (Lipinski definition) is 2. The zero-order chi connectivity index (χ0) is 8.27. The minimum Gasteiger partial charge on any atom is -0.316 e. The molecule has 0 atom stereocenters. The van der Waals surface area contributed by atoms with E-state index in [4.69, 9.17) is 0 Å². The van der Waals surface area contributed by atoms with Gasteiger partial charge in [-0.05, 0) is 37.6 Å². The van der Waals surface area contributed by atoms with E-state index in [0.717, 1.165) is 6.54 Å². The fourth-order valence-electron chi connectivity index (χ4n) is 1.18. The molecule has 0 aliphatic heterocycles. The van der Waals surface area contributed by atoms with Gasteiger partial charge in [0.1, 0.15) is 0 Å². The standard InChI is InChI=1S/C9H14N2/c1-7-4-11-5-8(2)9(7)6-10-3/h4-5,10H,6H2,1-3H3. The number of pyridine rings is 1. The first-order valence-corrected chi connectivity index (χ1v) is 3.80. The number of aryl methyl sites for hydroxylation is 2. The third-order valence-electron chi connectivity index (χ3n) is 1.84. The number of nitrogens with zero attached hydrogens (tertiary/aromatic N) is 1. The molecule has 0 aliphatic rings. The largest absolute Gasteiger partial charge is 0.316 e. The average molecular weight is 150 g/mol. The third-order valence-corrected chi connectivity index (χ3v) is 1.84. The highest BCUT2D eigenvalue weighted by atomic mass is 14.8. The lowest BCUT2D eigenvalue weighted by molar-refractivity contribution is 0.803. The van der Waals surface area contributed by atoms with Gasteiger partial charge >= 0.3 is 0 Å². The van der Waals surface area contributed by atoms with Gasteiger partial charge in [-0.25, -0.2) is 0 Å². The summed E-state index contributed by atoms with van der Waals surface area (Å²) >= 11 is 0. The summed E-state index contributed by atoms with van der Waals surface area (Å²) in [4.78, 5) is 4.10. The second-order valence-electron chi connectivity index (χ2n) is 2.78. The molecule has 1 aromatic rings. The molecule has 0 radical (unpaired) electrons. The van der Waals surface area contributed by atoms with Crippen LogP contribution in [0.4, 0.5) is 0 Å². The lowest BCUT2D eigenvalue weighted by atomic mass is 10.1. The molecule has 11 heavy (non-hydrogen) atoms. The van der Waals surface area contributed by atoms with Gasteiger partial charge in [0, 0.05) is 18.9 Å². The molecule has 0 aliphatic carbocycles. The molecule has 1 aromatic heterocycles. The van der Waals surface area contributed by atoms with E-state index in [0.29, 0.717) is 0 Å². The van der Waals surface area contributed by atoms with Crippen molar-refractivity contribution in [2.75, 3.05) is 7.05 Å². The first kappa shape index (κ1) is 8.21. The lowest BCUT2D eigenvalue weighted by Crippen LogP contribution is -2.08. The minimum atomic E-state index is 0.931. The van der Waals surface area contributed by atoms with Crippen molar-refractivity contribution in [1.82, 2.24) is 10.3 Å². The Kier molecular flexibility index (Phi) is 2.60. The maximum atomic E-state index is 4.10. The second-order valence-corrected chi connectivity index (χ2v) is 2.78. The first-order chi connectivity index (χ1) is 5.25. The molecule has 0 saturated heterocycles. The second kappa shape index (κ2) is 3.49. The maximum Gasteiger partial charge on any atom is 0.0300 e. The molecule has 1 N–H and O–H groups in total. The summed E-state index contributed by atoms with van der Waals surface area (Å²) in [5.41, 5.74) is 3.89. The molecule has 0 saturated carbocycles. The van der Waals surface area contributed by atoms with E-state index in [1.807, 2.05) is 19.4 Å². The van der Waals surface area contributed by atoms with Gasteiger partial charge in [0.25, 0.3) is 0 Å². The minimum absolute atomic E-state index is 0.931. The van der Waals surface area contributed by atoms with Gasteiger partial charge in [-0.15, -0.1) is 0 Å². The van der Waals surface area contributed by atoms with Crippen LogP contribution in [-0.2, 0) is 6.54 Å². The molecule has 0 fully saturated rings. The number of aromatic nitrogens is 1. The van der Waals surface area contributed by atoms with E-state index in [-0.39, 0.29) is 0 Å². The fourth-order valence-corrected chi connectivity index (χ4v) is 1.18. The predicted molar refractivity (Wildman–Crippen MR) is 46.5 cm³/mol. The monoisotopic (exact) mass is 150 g/mol. The molecule has 2 nitrogen and oxygen atoms in total. The smallest absolute Gasteiger partial charge is 0.0300 e. The molecule has 0 bridgehead atoms. The highest BCUT2D eigenvalue weighted by Gasteiger charge is 1.99. The van der Waals surface area contributed by atoms with Gasteiger partial charge in [0.05, 0.1) is 0 Å². The highest BCUT2D eigenvalue weighted by molar-refractivity contribution is 5.29. The topological polar surface area (TPSA) is 24.9 Å². The van der Waals surface area contributed by atoms with E-state index in [2.05, 4.69) is 24.1 Å². The SMILES string of the molecule is CNCc1c(C)cncc1C. The van der Waals surface area contributed by atoms with Gasteiger partial charge in [0.2, 0.25) is 0 Å². The van der Waals surface area contributed by atoms with Crippen LogP contribution in [0, 0.1) is 13.8 Å². The Morgan fingerprint density at radius 3 is 2.27 bits per heavy atom. The zero-order valence-corrected chi connectivity index (χ0v) is 7.31. The van der Waals surface area contributed by atoms with Crippen molar-refractivity contribution >= 4 is 0 Å². The van der Waals surface area contributed by atoms with Crippen LogP contribution in [0.25, 0.3) is 0 Å². The Morgan fingerprint density at radius 2 is 1.82 bits per heavy atom. The lowest BCUT2D eigenvalue weighted by Gasteiger charge is -2.06. The van der Waals surface area contributed by atoms with Crippen LogP contribution >= 0.6 is 0 Å². The first-order valence-electron chi connectivity index (χ1n) is 3.80. The van der Waals surface area contributed by atoms with Crippen molar-refractivity contribution in [2.45, 2.75) is 20.4 Å². The quantitative estimate of drug-likeness (QED) is 0.689. The van der Waals surface area contributed by atoms with Crippen molar-refractivity contribution in [2.24, 2.45) is 0 Å². The average Bonchev–Trinajstić information content (AvgIpc) is 1.97. The fraction of sp³-hybridized carbons (Fsp3) is 0.444. The van der Waals surface area contributed by atoms with Crippen molar-refractivity contribution in [3.63, 3.8) is 0 Å². The van der Waals surface area contributed by atoms with Crippen molar-refractivity contribution in [3.05, 3.63) is 29.1 Å². The molecule has 0 spiro atoms. The molecule has 0 amide bonds. The van der Waals surface area contributed by atoms with E-state index < -0.39 is 0 Å². The third kappa shape index (κ3) is 1.77. The Balaban J connectivity index is 3.00. The van der Waals surface area contributed by atoms with E-state index in [1.54, 1.807) is 0 Å². The van der Waals surface area contributed by atoms with Crippen LogP contribution < -0.4 is 5.32 Å². The van der Waals surface area contributed by atoms with Gasteiger partial charge in [0.15, 0.2) is 0 Å². The summed E-state index contributed by atoms with van der Waals surface area (Å²) in [7, 11) is 1.96. The molecule has 0 aromatic carbocycles. The molecular formula is C9H14N2. The normalized spacial score (nSPS) is 10.1. The molecule has 0 unspecified atom stereocenters. The Morgan fingerprint density at radius 1 is 1.27 bits per heavy atom. The Labute approximate surface area is 67.7 Å². The Bertz CT molecular complexity index is 223. The summed E-state index contributed by atoms with van der Waals surface area (Å²) in [6, 6.07) is 0. The number of rotatable bonds is 2. The molecule has 60 valence electrons. The van der Waals surface area contributed by atoms with Crippen LogP contribution in [0.3, 0.4) is 0 Å². The van der Waals surface area contributed by atoms with Crippen LogP contribution in [0.15, 0.2) is 12.4 Å². The van der Waals surface area contributed by atoms with E-state index in [9.17, 15) is 0 Å². The van der Waals surface area contributed by atoms with E-state index >= 15 is 0 Å². The van der Waals surface area contributed by atoms with Crippen LogP contribution in [-0.4, -0.2) is 12.0 Å². The molecule has 1 heterocycles. The van der Waals surface area contributed by atoms with Gasteiger partial charge < -0.3 is 5.32 Å². The zero-order valence-electron chi connectivity index (χ0n) is 7.31. The van der Waals surface area contributed by atoms with Crippen molar-refractivity contribution in [1.29, 1.82) is 0 Å². The number of nitrogens with one attached hydrogen (secondary N) is 1. The summed E-state index contributed by atoms with van der Waals surface area (Å²) in [5.74, 6) is 0.